The molecule has 2 aromatic rings. The average molecular weight is 354 g/mol. The van der Waals surface area contributed by atoms with E-state index in [9.17, 15) is 0 Å². The fraction of sp³-hybridized carbons (Fsp3) is 0.150. The third-order valence-corrected chi connectivity index (χ3v) is 4.08. The van der Waals surface area contributed by atoms with Gasteiger partial charge in [0.2, 0.25) is 0 Å². The molecule has 2 rings (SSSR count). The lowest BCUT2D eigenvalue weighted by Gasteiger charge is -2.01. The Morgan fingerprint density at radius 2 is 2.05 bits per heavy atom. The number of halogens is 1. The largest absolute Gasteiger partial charge is 0.248 e. The molecular formula is C20H20BrN. The number of allylic oxidation sites excluding steroid dienone is 6. The summed E-state index contributed by atoms with van der Waals surface area (Å²) in [7, 11) is 0. The predicted molar refractivity (Wildman–Crippen MR) is 101 cm³/mol. The van der Waals surface area contributed by atoms with Crippen molar-refractivity contribution in [3.05, 3.63) is 83.6 Å². The molecule has 1 heterocycles. The van der Waals surface area contributed by atoms with Gasteiger partial charge in [0.05, 0.1) is 11.2 Å². The lowest BCUT2D eigenvalue weighted by Crippen LogP contribution is -1.85. The molecule has 0 aliphatic carbocycles. The zero-order chi connectivity index (χ0) is 15.9. The van der Waals surface area contributed by atoms with E-state index in [0.717, 1.165) is 27.5 Å². The van der Waals surface area contributed by atoms with Crippen LogP contribution < -0.4 is 0 Å². The number of hydrogen-bond acceptors (Lipinski definition) is 1. The van der Waals surface area contributed by atoms with Crippen LogP contribution in [0, 0.1) is 6.92 Å². The number of aryl methyl sites for hydroxylation is 1. The average Bonchev–Trinajstić information content (AvgIpc) is 2.54. The van der Waals surface area contributed by atoms with Crippen molar-refractivity contribution in [1.29, 1.82) is 0 Å². The fourth-order valence-electron chi connectivity index (χ4n) is 2.11. The van der Waals surface area contributed by atoms with Gasteiger partial charge in [0, 0.05) is 10.7 Å². The third kappa shape index (κ3) is 4.28. The summed E-state index contributed by atoms with van der Waals surface area (Å²) in [6, 6.07) is 10.5. The van der Waals surface area contributed by atoms with Gasteiger partial charge in [-0.2, -0.15) is 0 Å². The minimum Gasteiger partial charge on any atom is -0.248 e. The second-order valence-electron chi connectivity index (χ2n) is 5.11. The van der Waals surface area contributed by atoms with E-state index in [1.165, 1.54) is 11.1 Å². The Morgan fingerprint density at radius 1 is 1.27 bits per heavy atom. The van der Waals surface area contributed by atoms with Crippen LogP contribution in [0.15, 0.2) is 72.4 Å². The maximum atomic E-state index is 4.69. The van der Waals surface area contributed by atoms with Crippen molar-refractivity contribution in [2.45, 2.75) is 13.8 Å². The number of nitrogens with zero attached hydrogens (tertiary/aromatic N) is 1. The second kappa shape index (κ2) is 7.90. The van der Waals surface area contributed by atoms with Crippen LogP contribution in [-0.2, 0) is 0 Å². The second-order valence-corrected chi connectivity index (χ2v) is 5.67. The van der Waals surface area contributed by atoms with E-state index >= 15 is 0 Å². The Kier molecular flexibility index (Phi) is 5.91. The van der Waals surface area contributed by atoms with Gasteiger partial charge in [-0.05, 0) is 48.8 Å². The van der Waals surface area contributed by atoms with Crippen molar-refractivity contribution in [2.24, 2.45) is 0 Å². The standard InChI is InChI=1S/C20H20BrN/c1-4-16(13-17(5-2)14-21)7-10-19-11-9-18-8-6-15(3)12-20(18)22-19/h4-13H,1,14H2,2-3H3/b10-7+,16-13+,17-5+. The molecule has 0 aliphatic rings. The zero-order valence-electron chi connectivity index (χ0n) is 13.0. The van der Waals surface area contributed by atoms with E-state index in [4.69, 9.17) is 0 Å². The first kappa shape index (κ1) is 16.4. The number of alkyl halides is 1. The molecular weight excluding hydrogens is 334 g/mol. The summed E-state index contributed by atoms with van der Waals surface area (Å²) in [6.45, 7) is 7.99. The fourth-order valence-corrected chi connectivity index (χ4v) is 2.59. The topological polar surface area (TPSA) is 12.9 Å². The van der Waals surface area contributed by atoms with Crippen molar-refractivity contribution in [3.63, 3.8) is 0 Å². The molecule has 0 radical (unpaired) electrons. The lowest BCUT2D eigenvalue weighted by atomic mass is 10.1. The SMILES string of the molecule is C=CC(/C=C/c1ccc2ccc(C)cc2n1)=C\C(=C/C)CBr. The van der Waals surface area contributed by atoms with Gasteiger partial charge >= 0.3 is 0 Å². The monoisotopic (exact) mass is 353 g/mol. The van der Waals surface area contributed by atoms with Gasteiger partial charge in [-0.25, -0.2) is 4.98 Å². The summed E-state index contributed by atoms with van der Waals surface area (Å²) < 4.78 is 0. The van der Waals surface area contributed by atoms with E-state index in [-0.39, 0.29) is 0 Å². The number of benzene rings is 1. The minimum atomic E-state index is 0.835. The smallest absolute Gasteiger partial charge is 0.0711 e. The minimum absolute atomic E-state index is 0.835. The van der Waals surface area contributed by atoms with Gasteiger partial charge in [0.25, 0.3) is 0 Å². The Morgan fingerprint density at radius 3 is 2.73 bits per heavy atom. The molecule has 0 spiro atoms. The molecule has 0 N–H and O–H groups in total. The van der Waals surface area contributed by atoms with Crippen LogP contribution >= 0.6 is 15.9 Å². The first-order valence-corrected chi connectivity index (χ1v) is 8.39. The molecule has 1 aromatic heterocycles. The summed E-state index contributed by atoms with van der Waals surface area (Å²) in [5.41, 5.74) is 5.50. The molecule has 1 aromatic carbocycles. The number of rotatable bonds is 5. The predicted octanol–water partition coefficient (Wildman–Crippen LogP) is 6.01. The van der Waals surface area contributed by atoms with E-state index in [1.54, 1.807) is 0 Å². The van der Waals surface area contributed by atoms with Crippen LogP contribution in [-0.4, -0.2) is 10.3 Å². The Bertz CT molecular complexity index is 766. The van der Waals surface area contributed by atoms with Crippen molar-refractivity contribution in [3.8, 4) is 0 Å². The third-order valence-electron chi connectivity index (χ3n) is 3.43. The van der Waals surface area contributed by atoms with E-state index in [2.05, 4.69) is 70.8 Å². The quantitative estimate of drug-likeness (QED) is 0.473. The van der Waals surface area contributed by atoms with Crippen molar-refractivity contribution in [1.82, 2.24) is 4.98 Å². The Labute approximate surface area is 140 Å². The van der Waals surface area contributed by atoms with Crippen LogP contribution in [0.1, 0.15) is 18.2 Å². The van der Waals surface area contributed by atoms with Gasteiger partial charge in [0.1, 0.15) is 0 Å². The first-order chi connectivity index (χ1) is 10.7. The molecule has 0 bridgehead atoms. The maximum absolute atomic E-state index is 4.69. The molecule has 0 saturated carbocycles. The Hall–Kier alpha value is -1.93. The summed E-state index contributed by atoms with van der Waals surface area (Å²) >= 11 is 3.48. The molecule has 2 heteroatoms. The van der Waals surface area contributed by atoms with Gasteiger partial charge in [0.15, 0.2) is 0 Å². The summed E-state index contributed by atoms with van der Waals surface area (Å²) in [5.74, 6) is 0. The summed E-state index contributed by atoms with van der Waals surface area (Å²) in [5, 5.41) is 2.00. The zero-order valence-corrected chi connectivity index (χ0v) is 14.6. The van der Waals surface area contributed by atoms with Gasteiger partial charge in [-0.3, -0.25) is 0 Å². The normalized spacial score (nSPS) is 13.0. The number of hydrogen-bond donors (Lipinski definition) is 0. The summed E-state index contributed by atoms with van der Waals surface area (Å²) in [4.78, 5) is 4.69. The maximum Gasteiger partial charge on any atom is 0.0711 e. The molecule has 22 heavy (non-hydrogen) atoms. The van der Waals surface area contributed by atoms with Crippen molar-refractivity contribution >= 4 is 32.9 Å². The van der Waals surface area contributed by atoms with Crippen LogP contribution in [0.5, 0.6) is 0 Å². The molecule has 0 atom stereocenters. The molecule has 0 aliphatic heterocycles. The highest BCUT2D eigenvalue weighted by Crippen LogP contribution is 2.16. The van der Waals surface area contributed by atoms with Crippen LogP contribution in [0.3, 0.4) is 0 Å². The molecule has 0 amide bonds. The van der Waals surface area contributed by atoms with Crippen LogP contribution in [0.2, 0.25) is 0 Å². The molecule has 1 nitrogen and oxygen atoms in total. The molecule has 112 valence electrons. The number of fused-ring (bicyclic) bond motifs is 1. The van der Waals surface area contributed by atoms with E-state index < -0.39 is 0 Å². The number of aromatic nitrogens is 1. The number of pyridine rings is 1. The molecule has 0 saturated heterocycles. The van der Waals surface area contributed by atoms with Crippen molar-refractivity contribution < 1.29 is 0 Å². The molecule has 0 unspecified atom stereocenters. The van der Waals surface area contributed by atoms with Crippen LogP contribution in [0.4, 0.5) is 0 Å². The van der Waals surface area contributed by atoms with Gasteiger partial charge in [-0.15, -0.1) is 0 Å². The van der Waals surface area contributed by atoms with E-state index in [0.29, 0.717) is 0 Å². The van der Waals surface area contributed by atoms with Gasteiger partial charge < -0.3 is 0 Å². The van der Waals surface area contributed by atoms with Crippen molar-refractivity contribution in [2.75, 3.05) is 5.33 Å². The van der Waals surface area contributed by atoms with Crippen LogP contribution in [0.25, 0.3) is 17.0 Å². The Balaban J connectivity index is 2.30. The summed E-state index contributed by atoms with van der Waals surface area (Å²) in [6.07, 6.45) is 10.1. The molecule has 0 fully saturated rings. The highest BCUT2D eigenvalue weighted by Gasteiger charge is 1.97. The van der Waals surface area contributed by atoms with E-state index in [1.807, 2.05) is 31.2 Å². The first-order valence-electron chi connectivity index (χ1n) is 7.27. The lowest BCUT2D eigenvalue weighted by molar-refractivity contribution is 1.35. The highest BCUT2D eigenvalue weighted by molar-refractivity contribution is 9.09. The van der Waals surface area contributed by atoms with Gasteiger partial charge in [-0.1, -0.05) is 65.0 Å². The highest BCUT2D eigenvalue weighted by atomic mass is 79.9.